The second-order valence-corrected chi connectivity index (χ2v) is 7.68. The Labute approximate surface area is 189 Å². The number of hydrogen-bond acceptors (Lipinski definition) is 7. The molecule has 166 valence electrons. The summed E-state index contributed by atoms with van der Waals surface area (Å²) in [4.78, 5) is 43.5. The average Bonchev–Trinajstić information content (AvgIpc) is 2.81. The average molecular weight is 454 g/mol. The Bertz CT molecular complexity index is 1140. The van der Waals surface area contributed by atoms with Crippen LogP contribution in [-0.4, -0.2) is 41.3 Å². The third kappa shape index (κ3) is 6.45. The normalized spacial score (nSPS) is 10.4. The minimum atomic E-state index is -0.436. The topological polar surface area (TPSA) is 110 Å². The van der Waals surface area contributed by atoms with Gasteiger partial charge in [0.25, 0.3) is 5.56 Å². The van der Waals surface area contributed by atoms with E-state index in [9.17, 15) is 14.4 Å². The maximum absolute atomic E-state index is 12.4. The molecule has 0 radical (unpaired) electrons. The largest absolute Gasteiger partial charge is 0.497 e. The molecule has 2 N–H and O–H groups in total. The first-order chi connectivity index (χ1) is 15.5. The number of aromatic amines is 1. The number of H-pyrrole nitrogens is 1. The SMILES string of the molecule is CCCOC(=O)c1cccc(NC(=O)CSc2nc(-c3ccc(OC)cc3)cc(=O)[nH]2)c1. The van der Waals surface area contributed by atoms with E-state index in [1.54, 1.807) is 55.6 Å². The van der Waals surface area contributed by atoms with Crippen molar-refractivity contribution in [3.05, 3.63) is 70.5 Å². The highest BCUT2D eigenvalue weighted by Crippen LogP contribution is 2.22. The van der Waals surface area contributed by atoms with Crippen molar-refractivity contribution in [1.82, 2.24) is 9.97 Å². The maximum Gasteiger partial charge on any atom is 0.338 e. The summed E-state index contributed by atoms with van der Waals surface area (Å²) in [7, 11) is 1.58. The van der Waals surface area contributed by atoms with E-state index in [-0.39, 0.29) is 17.2 Å². The number of thioether (sulfide) groups is 1. The van der Waals surface area contributed by atoms with Crippen LogP contribution in [0.5, 0.6) is 5.75 Å². The first-order valence-electron chi connectivity index (χ1n) is 9.94. The molecular weight excluding hydrogens is 430 g/mol. The van der Waals surface area contributed by atoms with Crippen molar-refractivity contribution in [3.63, 3.8) is 0 Å². The molecule has 32 heavy (non-hydrogen) atoms. The van der Waals surface area contributed by atoms with Crippen molar-refractivity contribution in [2.24, 2.45) is 0 Å². The van der Waals surface area contributed by atoms with Gasteiger partial charge in [-0.15, -0.1) is 0 Å². The number of amides is 1. The predicted molar refractivity (Wildman–Crippen MR) is 123 cm³/mol. The van der Waals surface area contributed by atoms with Gasteiger partial charge in [-0.25, -0.2) is 9.78 Å². The Morgan fingerprint density at radius 2 is 1.91 bits per heavy atom. The van der Waals surface area contributed by atoms with Gasteiger partial charge in [0.2, 0.25) is 5.91 Å². The lowest BCUT2D eigenvalue weighted by molar-refractivity contribution is -0.113. The van der Waals surface area contributed by atoms with Crippen LogP contribution in [0.1, 0.15) is 23.7 Å². The van der Waals surface area contributed by atoms with E-state index in [2.05, 4.69) is 15.3 Å². The molecule has 0 saturated carbocycles. The fourth-order valence-electron chi connectivity index (χ4n) is 2.75. The predicted octanol–water partition coefficient (Wildman–Crippen LogP) is 3.74. The molecule has 0 atom stereocenters. The van der Waals surface area contributed by atoms with E-state index in [1.807, 2.05) is 6.92 Å². The van der Waals surface area contributed by atoms with Gasteiger partial charge in [-0.2, -0.15) is 0 Å². The van der Waals surface area contributed by atoms with Gasteiger partial charge in [0.15, 0.2) is 5.16 Å². The molecule has 1 amide bonds. The van der Waals surface area contributed by atoms with Crippen LogP contribution in [0.3, 0.4) is 0 Å². The van der Waals surface area contributed by atoms with Gasteiger partial charge in [0.05, 0.1) is 30.7 Å². The third-order valence-electron chi connectivity index (χ3n) is 4.27. The number of ether oxygens (including phenoxy) is 2. The van der Waals surface area contributed by atoms with Crippen LogP contribution in [0.2, 0.25) is 0 Å². The highest BCUT2D eigenvalue weighted by atomic mass is 32.2. The number of carbonyl (C=O) groups is 2. The smallest absolute Gasteiger partial charge is 0.338 e. The van der Waals surface area contributed by atoms with E-state index in [4.69, 9.17) is 9.47 Å². The van der Waals surface area contributed by atoms with Gasteiger partial charge >= 0.3 is 5.97 Å². The van der Waals surface area contributed by atoms with Gasteiger partial charge in [-0.05, 0) is 48.9 Å². The summed E-state index contributed by atoms with van der Waals surface area (Å²) in [5.41, 5.74) is 1.79. The Hall–Kier alpha value is -3.59. The number of nitrogens with zero attached hydrogens (tertiary/aromatic N) is 1. The fraction of sp³-hybridized carbons (Fsp3) is 0.217. The van der Waals surface area contributed by atoms with Gasteiger partial charge in [0.1, 0.15) is 5.75 Å². The summed E-state index contributed by atoms with van der Waals surface area (Å²) >= 11 is 1.11. The van der Waals surface area contributed by atoms with Gasteiger partial charge in [0, 0.05) is 17.3 Å². The van der Waals surface area contributed by atoms with E-state index in [1.165, 1.54) is 6.07 Å². The number of nitrogens with one attached hydrogen (secondary N) is 2. The van der Waals surface area contributed by atoms with E-state index in [0.717, 1.165) is 23.7 Å². The van der Waals surface area contributed by atoms with Crippen LogP contribution in [0, 0.1) is 0 Å². The van der Waals surface area contributed by atoms with Crippen molar-refractivity contribution in [3.8, 4) is 17.0 Å². The summed E-state index contributed by atoms with van der Waals surface area (Å²) in [6.45, 7) is 2.25. The van der Waals surface area contributed by atoms with Crippen LogP contribution >= 0.6 is 11.8 Å². The molecule has 0 saturated heterocycles. The molecule has 0 bridgehead atoms. The Kier molecular flexibility index (Phi) is 8.04. The summed E-state index contributed by atoms with van der Waals surface area (Å²) in [5.74, 6) is -0.00643. The van der Waals surface area contributed by atoms with Crippen LogP contribution < -0.4 is 15.6 Å². The molecule has 1 aromatic heterocycles. The Balaban J connectivity index is 1.63. The van der Waals surface area contributed by atoms with Crippen molar-refractivity contribution < 1.29 is 19.1 Å². The number of anilines is 1. The second-order valence-electron chi connectivity index (χ2n) is 6.72. The molecule has 0 aliphatic rings. The highest BCUT2D eigenvalue weighted by molar-refractivity contribution is 7.99. The number of hydrogen-bond donors (Lipinski definition) is 2. The molecule has 3 aromatic rings. The monoisotopic (exact) mass is 453 g/mol. The van der Waals surface area contributed by atoms with Crippen molar-refractivity contribution in [2.75, 3.05) is 24.8 Å². The number of aromatic nitrogens is 2. The molecule has 0 unspecified atom stereocenters. The zero-order valence-corrected chi connectivity index (χ0v) is 18.5. The van der Waals surface area contributed by atoms with Crippen LogP contribution in [0.25, 0.3) is 11.3 Å². The van der Waals surface area contributed by atoms with Crippen LogP contribution in [0.4, 0.5) is 5.69 Å². The molecular formula is C23H23N3O5S. The van der Waals surface area contributed by atoms with Gasteiger partial charge < -0.3 is 19.8 Å². The number of esters is 1. The number of benzene rings is 2. The van der Waals surface area contributed by atoms with Crippen molar-refractivity contribution >= 4 is 29.3 Å². The minimum absolute atomic E-state index is 0.0273. The zero-order valence-electron chi connectivity index (χ0n) is 17.7. The first kappa shape index (κ1) is 23.1. The second kappa shape index (κ2) is 11.1. The summed E-state index contributed by atoms with van der Waals surface area (Å²) in [6.07, 6.45) is 0.731. The molecule has 1 heterocycles. The molecule has 0 spiro atoms. The quantitative estimate of drug-likeness (QED) is 0.288. The molecule has 8 nitrogen and oxygen atoms in total. The van der Waals surface area contributed by atoms with E-state index >= 15 is 0 Å². The van der Waals surface area contributed by atoms with E-state index in [0.29, 0.717) is 34.5 Å². The summed E-state index contributed by atoms with van der Waals surface area (Å²) in [5, 5.41) is 3.06. The summed E-state index contributed by atoms with van der Waals surface area (Å²) in [6, 6.07) is 15.1. The highest BCUT2D eigenvalue weighted by Gasteiger charge is 2.11. The molecule has 0 aliphatic heterocycles. The van der Waals surface area contributed by atoms with Gasteiger partial charge in [-0.3, -0.25) is 9.59 Å². The first-order valence-corrected chi connectivity index (χ1v) is 10.9. The molecule has 0 aliphatic carbocycles. The number of carbonyl (C=O) groups excluding carboxylic acids is 2. The lowest BCUT2D eigenvalue weighted by atomic mass is 10.1. The van der Waals surface area contributed by atoms with E-state index < -0.39 is 5.97 Å². The third-order valence-corrected chi connectivity index (χ3v) is 5.14. The number of methoxy groups -OCH3 is 1. The van der Waals surface area contributed by atoms with Crippen LogP contribution in [0.15, 0.2) is 64.5 Å². The fourth-order valence-corrected chi connectivity index (χ4v) is 3.42. The zero-order chi connectivity index (χ0) is 22.9. The lowest BCUT2D eigenvalue weighted by Crippen LogP contribution is -2.16. The molecule has 0 fully saturated rings. The molecule has 3 rings (SSSR count). The van der Waals surface area contributed by atoms with Crippen molar-refractivity contribution in [1.29, 1.82) is 0 Å². The standard InChI is InChI=1S/C23H23N3O5S/c1-3-11-31-22(29)16-5-4-6-17(12-16)24-21(28)14-32-23-25-19(13-20(27)26-23)15-7-9-18(30-2)10-8-15/h4-10,12-13H,3,11,14H2,1-2H3,(H,24,28)(H,25,26,27). The summed E-state index contributed by atoms with van der Waals surface area (Å²) < 4.78 is 10.3. The molecule has 9 heteroatoms. The lowest BCUT2D eigenvalue weighted by Gasteiger charge is -2.08. The Morgan fingerprint density at radius 3 is 2.62 bits per heavy atom. The maximum atomic E-state index is 12.4. The molecule has 2 aromatic carbocycles. The van der Waals surface area contributed by atoms with Crippen molar-refractivity contribution in [2.45, 2.75) is 18.5 Å². The minimum Gasteiger partial charge on any atom is -0.497 e. The Morgan fingerprint density at radius 1 is 1.12 bits per heavy atom. The van der Waals surface area contributed by atoms with Gasteiger partial charge in [-0.1, -0.05) is 24.8 Å². The van der Waals surface area contributed by atoms with Crippen LogP contribution in [-0.2, 0) is 9.53 Å². The number of rotatable bonds is 9.